The van der Waals surface area contributed by atoms with Gasteiger partial charge in [0.2, 0.25) is 0 Å². The number of hydrogen-bond donors (Lipinski definition) is 1. The first kappa shape index (κ1) is 15.6. The first-order valence-corrected chi connectivity index (χ1v) is 6.89. The molecular weight excluding hydrogens is 316 g/mol. The van der Waals surface area contributed by atoms with Gasteiger partial charge in [-0.05, 0) is 37.3 Å². The zero-order valence-corrected chi connectivity index (χ0v) is 12.6. The molecular formula is C15H12Cl2FNO2. The molecule has 0 bridgehead atoms. The van der Waals surface area contributed by atoms with E-state index in [4.69, 9.17) is 27.9 Å². The van der Waals surface area contributed by atoms with Gasteiger partial charge in [-0.2, -0.15) is 0 Å². The SMILES string of the molecule is C[C@@H](Oc1cc(Cl)ccc1Cl)C(=O)Nc1cccc(F)c1. The molecule has 2 aromatic rings. The number of amides is 1. The molecule has 1 atom stereocenters. The van der Waals surface area contributed by atoms with Crippen LogP contribution >= 0.6 is 23.2 Å². The molecule has 0 aromatic heterocycles. The first-order valence-electron chi connectivity index (χ1n) is 6.14. The molecule has 0 aliphatic heterocycles. The summed E-state index contributed by atoms with van der Waals surface area (Å²) in [6.45, 7) is 1.56. The number of anilines is 1. The molecule has 0 saturated heterocycles. The zero-order valence-electron chi connectivity index (χ0n) is 11.1. The quantitative estimate of drug-likeness (QED) is 0.895. The van der Waals surface area contributed by atoms with Crippen LogP contribution < -0.4 is 10.1 Å². The Balaban J connectivity index is 2.04. The highest BCUT2D eigenvalue weighted by molar-refractivity contribution is 6.34. The van der Waals surface area contributed by atoms with E-state index in [0.29, 0.717) is 21.5 Å². The Labute approximate surface area is 131 Å². The van der Waals surface area contributed by atoms with Crippen molar-refractivity contribution >= 4 is 34.8 Å². The summed E-state index contributed by atoms with van der Waals surface area (Å²) in [5.41, 5.74) is 0.354. The molecule has 21 heavy (non-hydrogen) atoms. The van der Waals surface area contributed by atoms with Crippen LogP contribution in [0, 0.1) is 5.82 Å². The summed E-state index contributed by atoms with van der Waals surface area (Å²) in [5.74, 6) is -0.540. The molecule has 0 heterocycles. The molecule has 0 spiro atoms. The van der Waals surface area contributed by atoms with Crippen molar-refractivity contribution in [2.45, 2.75) is 13.0 Å². The van der Waals surface area contributed by atoms with E-state index >= 15 is 0 Å². The third-order valence-corrected chi connectivity index (χ3v) is 3.21. The molecule has 0 aliphatic rings. The second-order valence-electron chi connectivity index (χ2n) is 4.33. The first-order chi connectivity index (χ1) is 9.95. The van der Waals surface area contributed by atoms with Crippen LogP contribution in [-0.4, -0.2) is 12.0 Å². The van der Waals surface area contributed by atoms with Gasteiger partial charge < -0.3 is 10.1 Å². The number of nitrogens with one attached hydrogen (secondary N) is 1. The summed E-state index contributed by atoms with van der Waals surface area (Å²) in [6, 6.07) is 10.3. The third-order valence-electron chi connectivity index (χ3n) is 2.66. The molecule has 6 heteroatoms. The van der Waals surface area contributed by atoms with Gasteiger partial charge in [-0.25, -0.2) is 4.39 Å². The molecule has 2 aromatic carbocycles. The number of ether oxygens (including phenoxy) is 1. The van der Waals surface area contributed by atoms with Crippen LogP contribution in [0.5, 0.6) is 5.75 Å². The maximum Gasteiger partial charge on any atom is 0.265 e. The summed E-state index contributed by atoms with van der Waals surface area (Å²) in [4.78, 5) is 12.0. The van der Waals surface area contributed by atoms with E-state index in [2.05, 4.69) is 5.32 Å². The van der Waals surface area contributed by atoms with E-state index in [1.807, 2.05) is 0 Å². The lowest BCUT2D eigenvalue weighted by atomic mass is 10.3. The van der Waals surface area contributed by atoms with Gasteiger partial charge in [-0.1, -0.05) is 29.3 Å². The highest BCUT2D eigenvalue weighted by Crippen LogP contribution is 2.28. The molecule has 1 N–H and O–H groups in total. The lowest BCUT2D eigenvalue weighted by Gasteiger charge is -2.16. The standard InChI is InChI=1S/C15H12Cl2FNO2/c1-9(21-14-7-10(16)5-6-13(14)17)15(20)19-12-4-2-3-11(18)8-12/h2-9H,1H3,(H,19,20)/t9-/m1/s1. The Bertz CT molecular complexity index is 664. The summed E-state index contributed by atoms with van der Waals surface area (Å²) in [6.07, 6.45) is -0.816. The maximum atomic E-state index is 13.0. The van der Waals surface area contributed by atoms with Crippen molar-refractivity contribution in [1.29, 1.82) is 0 Å². The fraction of sp³-hybridized carbons (Fsp3) is 0.133. The van der Waals surface area contributed by atoms with Crippen LogP contribution in [0.1, 0.15) is 6.92 Å². The van der Waals surface area contributed by atoms with Crippen molar-refractivity contribution in [3.8, 4) is 5.75 Å². The number of carbonyl (C=O) groups excluding carboxylic acids is 1. The molecule has 1 amide bonds. The second kappa shape index (κ2) is 6.78. The average Bonchev–Trinajstić information content (AvgIpc) is 2.43. The molecule has 0 saturated carbocycles. The molecule has 110 valence electrons. The van der Waals surface area contributed by atoms with Crippen molar-refractivity contribution in [3.05, 3.63) is 58.3 Å². The van der Waals surface area contributed by atoms with Crippen molar-refractivity contribution in [1.82, 2.24) is 0 Å². The van der Waals surface area contributed by atoms with Gasteiger partial charge in [-0.15, -0.1) is 0 Å². The van der Waals surface area contributed by atoms with Gasteiger partial charge in [-0.3, -0.25) is 4.79 Å². The minimum absolute atomic E-state index is 0.311. The number of carbonyl (C=O) groups is 1. The zero-order chi connectivity index (χ0) is 15.4. The number of halogens is 3. The van der Waals surface area contributed by atoms with Crippen LogP contribution in [0.15, 0.2) is 42.5 Å². The maximum absolute atomic E-state index is 13.0. The smallest absolute Gasteiger partial charge is 0.265 e. The van der Waals surface area contributed by atoms with E-state index in [9.17, 15) is 9.18 Å². The Morgan fingerprint density at radius 2 is 2.00 bits per heavy atom. The van der Waals surface area contributed by atoms with Crippen molar-refractivity contribution in [2.24, 2.45) is 0 Å². The van der Waals surface area contributed by atoms with Crippen LogP contribution in [0.25, 0.3) is 0 Å². The Kier molecular flexibility index (Phi) is 5.04. The minimum Gasteiger partial charge on any atom is -0.479 e. The molecule has 0 aliphatic carbocycles. The van der Waals surface area contributed by atoms with E-state index in [0.717, 1.165) is 0 Å². The van der Waals surface area contributed by atoms with E-state index < -0.39 is 17.8 Å². The Morgan fingerprint density at radius 3 is 2.71 bits per heavy atom. The topological polar surface area (TPSA) is 38.3 Å². The monoisotopic (exact) mass is 327 g/mol. The molecule has 2 rings (SSSR count). The summed E-state index contributed by atoms with van der Waals surface area (Å²) in [7, 11) is 0. The second-order valence-corrected chi connectivity index (χ2v) is 5.18. The summed E-state index contributed by atoms with van der Waals surface area (Å²) in [5, 5.41) is 3.36. The van der Waals surface area contributed by atoms with Gasteiger partial charge in [0, 0.05) is 16.8 Å². The summed E-state index contributed by atoms with van der Waals surface area (Å²) >= 11 is 11.8. The predicted octanol–water partition coefficient (Wildman–Crippen LogP) is 4.54. The van der Waals surface area contributed by atoms with E-state index in [-0.39, 0.29) is 0 Å². The van der Waals surface area contributed by atoms with E-state index in [1.165, 1.54) is 24.3 Å². The molecule has 0 fully saturated rings. The fourth-order valence-corrected chi connectivity index (χ4v) is 1.95. The van der Waals surface area contributed by atoms with Crippen LogP contribution in [0.2, 0.25) is 10.0 Å². The van der Waals surface area contributed by atoms with Crippen LogP contribution in [0.3, 0.4) is 0 Å². The number of benzene rings is 2. The normalized spacial score (nSPS) is 11.8. The molecule has 0 unspecified atom stereocenters. The van der Waals surface area contributed by atoms with Crippen molar-refractivity contribution in [2.75, 3.05) is 5.32 Å². The van der Waals surface area contributed by atoms with Crippen molar-refractivity contribution < 1.29 is 13.9 Å². The van der Waals surface area contributed by atoms with Crippen LogP contribution in [-0.2, 0) is 4.79 Å². The van der Waals surface area contributed by atoms with Gasteiger partial charge in [0.05, 0.1) is 5.02 Å². The van der Waals surface area contributed by atoms with Gasteiger partial charge in [0.15, 0.2) is 6.10 Å². The summed E-state index contributed by atoms with van der Waals surface area (Å²) < 4.78 is 18.5. The van der Waals surface area contributed by atoms with Gasteiger partial charge in [0.1, 0.15) is 11.6 Å². The highest BCUT2D eigenvalue weighted by atomic mass is 35.5. The van der Waals surface area contributed by atoms with Gasteiger partial charge in [0.25, 0.3) is 5.91 Å². The fourth-order valence-electron chi connectivity index (χ4n) is 1.62. The molecule has 3 nitrogen and oxygen atoms in total. The lowest BCUT2D eigenvalue weighted by molar-refractivity contribution is -0.122. The minimum atomic E-state index is -0.816. The third kappa shape index (κ3) is 4.34. The largest absolute Gasteiger partial charge is 0.479 e. The number of rotatable bonds is 4. The highest BCUT2D eigenvalue weighted by Gasteiger charge is 2.16. The predicted molar refractivity (Wildman–Crippen MR) is 81.6 cm³/mol. The van der Waals surface area contributed by atoms with Gasteiger partial charge >= 0.3 is 0 Å². The average molecular weight is 328 g/mol. The Hall–Kier alpha value is -1.78. The molecule has 0 radical (unpaired) electrons. The Morgan fingerprint density at radius 1 is 1.24 bits per heavy atom. The van der Waals surface area contributed by atoms with Crippen LogP contribution in [0.4, 0.5) is 10.1 Å². The number of hydrogen-bond acceptors (Lipinski definition) is 2. The van der Waals surface area contributed by atoms with E-state index in [1.54, 1.807) is 25.1 Å². The van der Waals surface area contributed by atoms with Crippen molar-refractivity contribution in [3.63, 3.8) is 0 Å². The lowest BCUT2D eigenvalue weighted by Crippen LogP contribution is -2.30.